The Bertz CT molecular complexity index is 344. The molecule has 2 saturated carbocycles. The summed E-state index contributed by atoms with van der Waals surface area (Å²) in [5.74, 6) is 2.77. The van der Waals surface area contributed by atoms with Crippen molar-refractivity contribution in [2.24, 2.45) is 17.8 Å². The van der Waals surface area contributed by atoms with Crippen molar-refractivity contribution in [3.05, 3.63) is 0 Å². The summed E-state index contributed by atoms with van der Waals surface area (Å²) in [7, 11) is 0. The first kappa shape index (κ1) is 19.8. The van der Waals surface area contributed by atoms with E-state index in [0.29, 0.717) is 6.42 Å². The molecule has 0 bridgehead atoms. The Balaban J connectivity index is 1.68. The van der Waals surface area contributed by atoms with E-state index in [2.05, 4.69) is 13.8 Å². The van der Waals surface area contributed by atoms with Gasteiger partial charge >= 0.3 is 5.97 Å². The molecule has 2 fully saturated rings. The van der Waals surface area contributed by atoms with Crippen LogP contribution in [0.25, 0.3) is 0 Å². The largest absolute Gasteiger partial charge is 0.462 e. The fourth-order valence-electron chi connectivity index (χ4n) is 4.91. The maximum Gasteiger partial charge on any atom is 0.306 e. The quantitative estimate of drug-likeness (QED) is 0.347. The smallest absolute Gasteiger partial charge is 0.306 e. The highest BCUT2D eigenvalue weighted by Gasteiger charge is 2.32. The fourth-order valence-corrected chi connectivity index (χ4v) is 4.91. The van der Waals surface area contributed by atoms with Crippen LogP contribution in [-0.4, -0.2) is 12.1 Å². The van der Waals surface area contributed by atoms with Crippen LogP contribution in [0.1, 0.15) is 110 Å². The zero-order valence-electron chi connectivity index (χ0n) is 16.2. The Morgan fingerprint density at radius 1 is 0.875 bits per heavy atom. The van der Waals surface area contributed by atoms with Gasteiger partial charge in [-0.15, -0.1) is 0 Å². The predicted octanol–water partition coefficient (Wildman–Crippen LogP) is 6.67. The summed E-state index contributed by atoms with van der Waals surface area (Å²) < 4.78 is 5.76. The maximum absolute atomic E-state index is 11.9. The summed E-state index contributed by atoms with van der Waals surface area (Å²) in [5, 5.41) is 0. The van der Waals surface area contributed by atoms with Crippen molar-refractivity contribution in [1.82, 2.24) is 0 Å². The van der Waals surface area contributed by atoms with Crippen LogP contribution in [-0.2, 0) is 9.53 Å². The summed E-state index contributed by atoms with van der Waals surface area (Å²) in [4.78, 5) is 11.9. The summed E-state index contributed by atoms with van der Waals surface area (Å²) in [6.07, 6.45) is 19.1. The molecule has 2 aliphatic rings. The SMILES string of the molecule is CCCCCC1CCC([C@@H]2CCC[C@@H](OC(=O)CCCC)C2)CC1. The lowest BCUT2D eigenvalue weighted by molar-refractivity contribution is -0.151. The van der Waals surface area contributed by atoms with E-state index in [-0.39, 0.29) is 12.1 Å². The molecule has 0 aromatic carbocycles. The minimum absolute atomic E-state index is 0.0436. The zero-order valence-corrected chi connectivity index (χ0v) is 16.2. The number of hydrogen-bond donors (Lipinski definition) is 0. The molecule has 0 N–H and O–H groups in total. The minimum atomic E-state index is 0.0436. The highest BCUT2D eigenvalue weighted by atomic mass is 16.5. The van der Waals surface area contributed by atoms with Crippen molar-refractivity contribution in [3.63, 3.8) is 0 Å². The number of carbonyl (C=O) groups excluding carboxylic acids is 1. The minimum Gasteiger partial charge on any atom is -0.462 e. The molecule has 0 aromatic rings. The van der Waals surface area contributed by atoms with E-state index in [0.717, 1.165) is 43.4 Å². The van der Waals surface area contributed by atoms with Crippen LogP contribution in [0.3, 0.4) is 0 Å². The molecule has 2 nitrogen and oxygen atoms in total. The maximum atomic E-state index is 11.9. The van der Waals surface area contributed by atoms with Crippen molar-refractivity contribution in [1.29, 1.82) is 0 Å². The highest BCUT2D eigenvalue weighted by molar-refractivity contribution is 5.69. The summed E-state index contributed by atoms with van der Waals surface area (Å²) in [5.41, 5.74) is 0. The molecule has 0 unspecified atom stereocenters. The number of esters is 1. The first-order valence-corrected chi connectivity index (χ1v) is 10.9. The second-order valence-corrected chi connectivity index (χ2v) is 8.42. The average molecular weight is 337 g/mol. The van der Waals surface area contributed by atoms with E-state index in [9.17, 15) is 4.79 Å². The molecule has 0 saturated heterocycles. The number of rotatable bonds is 9. The van der Waals surface area contributed by atoms with E-state index in [1.807, 2.05) is 0 Å². The number of carbonyl (C=O) groups is 1. The van der Waals surface area contributed by atoms with E-state index >= 15 is 0 Å². The summed E-state index contributed by atoms with van der Waals surface area (Å²) in [6, 6.07) is 0. The summed E-state index contributed by atoms with van der Waals surface area (Å²) >= 11 is 0. The van der Waals surface area contributed by atoms with Crippen LogP contribution < -0.4 is 0 Å². The van der Waals surface area contributed by atoms with E-state index in [4.69, 9.17) is 4.74 Å². The topological polar surface area (TPSA) is 26.3 Å². The number of ether oxygens (including phenoxy) is 1. The van der Waals surface area contributed by atoms with Crippen molar-refractivity contribution in [3.8, 4) is 0 Å². The second kappa shape index (κ2) is 11.2. The van der Waals surface area contributed by atoms with Gasteiger partial charge in [-0.25, -0.2) is 0 Å². The van der Waals surface area contributed by atoms with Gasteiger partial charge in [-0.3, -0.25) is 4.79 Å². The van der Waals surface area contributed by atoms with Gasteiger partial charge in [-0.2, -0.15) is 0 Å². The normalized spacial score (nSPS) is 30.9. The first-order chi connectivity index (χ1) is 11.7. The third-order valence-electron chi connectivity index (χ3n) is 6.47. The molecule has 0 spiro atoms. The average Bonchev–Trinajstić information content (AvgIpc) is 2.61. The predicted molar refractivity (Wildman–Crippen MR) is 101 cm³/mol. The van der Waals surface area contributed by atoms with Gasteiger partial charge in [-0.1, -0.05) is 58.8 Å². The molecule has 2 heteroatoms. The Morgan fingerprint density at radius 2 is 1.62 bits per heavy atom. The van der Waals surface area contributed by atoms with Gasteiger partial charge in [0, 0.05) is 6.42 Å². The van der Waals surface area contributed by atoms with Gasteiger partial charge in [0.2, 0.25) is 0 Å². The molecule has 2 aliphatic carbocycles. The van der Waals surface area contributed by atoms with Crippen molar-refractivity contribution < 1.29 is 9.53 Å². The molecule has 140 valence electrons. The van der Waals surface area contributed by atoms with Crippen LogP contribution in [0.4, 0.5) is 0 Å². The van der Waals surface area contributed by atoms with Crippen LogP contribution in [0.5, 0.6) is 0 Å². The molecule has 2 atom stereocenters. The molecule has 0 aliphatic heterocycles. The fraction of sp³-hybridized carbons (Fsp3) is 0.955. The molecule has 2 rings (SSSR count). The standard InChI is InChI=1S/C22H40O2/c1-3-5-7-9-18-13-15-19(16-14-18)20-10-8-11-21(17-20)24-22(23)12-6-4-2/h18-21H,3-17H2,1-2H3/t18?,19?,20-,21-/m1/s1. The molecule has 0 aromatic heterocycles. The van der Waals surface area contributed by atoms with Crippen molar-refractivity contribution in [2.45, 2.75) is 116 Å². The van der Waals surface area contributed by atoms with Gasteiger partial charge in [0.1, 0.15) is 6.10 Å². The van der Waals surface area contributed by atoms with Crippen molar-refractivity contribution >= 4 is 5.97 Å². The second-order valence-electron chi connectivity index (χ2n) is 8.42. The monoisotopic (exact) mass is 336 g/mol. The van der Waals surface area contributed by atoms with Gasteiger partial charge < -0.3 is 4.74 Å². The van der Waals surface area contributed by atoms with Crippen LogP contribution in [0.15, 0.2) is 0 Å². The third kappa shape index (κ3) is 6.76. The third-order valence-corrected chi connectivity index (χ3v) is 6.47. The molecule has 0 amide bonds. The lowest BCUT2D eigenvalue weighted by Crippen LogP contribution is -2.31. The van der Waals surface area contributed by atoms with Gasteiger partial charge in [-0.05, 0) is 62.7 Å². The van der Waals surface area contributed by atoms with Gasteiger partial charge in [0.25, 0.3) is 0 Å². The Hall–Kier alpha value is -0.530. The first-order valence-electron chi connectivity index (χ1n) is 10.9. The lowest BCUT2D eigenvalue weighted by Gasteiger charge is -2.38. The van der Waals surface area contributed by atoms with Crippen LogP contribution in [0.2, 0.25) is 0 Å². The highest BCUT2D eigenvalue weighted by Crippen LogP contribution is 2.41. The van der Waals surface area contributed by atoms with Gasteiger partial charge in [0.15, 0.2) is 0 Å². The molecule has 0 heterocycles. The number of hydrogen-bond acceptors (Lipinski definition) is 2. The molecular formula is C22H40O2. The Kier molecular flexibility index (Phi) is 9.20. The molecular weight excluding hydrogens is 296 g/mol. The van der Waals surface area contributed by atoms with Crippen molar-refractivity contribution in [2.75, 3.05) is 0 Å². The van der Waals surface area contributed by atoms with E-state index in [1.54, 1.807) is 0 Å². The van der Waals surface area contributed by atoms with Crippen LogP contribution in [0, 0.1) is 17.8 Å². The lowest BCUT2D eigenvalue weighted by atomic mass is 9.70. The molecule has 24 heavy (non-hydrogen) atoms. The molecule has 0 radical (unpaired) electrons. The zero-order chi connectivity index (χ0) is 17.2. The number of unbranched alkanes of at least 4 members (excludes halogenated alkanes) is 3. The van der Waals surface area contributed by atoms with E-state index in [1.165, 1.54) is 64.2 Å². The van der Waals surface area contributed by atoms with Crippen LogP contribution >= 0.6 is 0 Å². The van der Waals surface area contributed by atoms with E-state index < -0.39 is 0 Å². The summed E-state index contributed by atoms with van der Waals surface area (Å²) in [6.45, 7) is 4.42. The Labute approximate surface area is 150 Å². The Morgan fingerprint density at radius 3 is 2.33 bits per heavy atom. The van der Waals surface area contributed by atoms with Gasteiger partial charge in [0.05, 0.1) is 0 Å².